The highest BCUT2D eigenvalue weighted by molar-refractivity contribution is 5.96. The number of aliphatic hydroxyl groups excluding tert-OH is 1. The van der Waals surface area contributed by atoms with E-state index in [1.54, 1.807) is 31.3 Å². The summed E-state index contributed by atoms with van der Waals surface area (Å²) >= 11 is 0. The van der Waals surface area contributed by atoms with Crippen LogP contribution in [0, 0.1) is 11.8 Å². The Morgan fingerprint density at radius 3 is 2.92 bits per heavy atom. The summed E-state index contributed by atoms with van der Waals surface area (Å²) in [5, 5.41) is 9.86. The first-order valence-corrected chi connectivity index (χ1v) is 7.78. The number of hydrogen-bond acceptors (Lipinski definition) is 6. The molecule has 1 aromatic carbocycles. The molecule has 2 aromatic rings. The Balaban J connectivity index is 2.19. The summed E-state index contributed by atoms with van der Waals surface area (Å²) in [6, 6.07) is 7.02. The molecule has 0 radical (unpaired) electrons. The number of hydrogen-bond donors (Lipinski definition) is 3. The minimum atomic E-state index is -0.852. The van der Waals surface area contributed by atoms with Crippen LogP contribution in [0.15, 0.2) is 30.5 Å². The minimum absolute atomic E-state index is 0.0405. The van der Waals surface area contributed by atoms with Gasteiger partial charge >= 0.3 is 0 Å². The molecule has 0 aliphatic rings. The lowest BCUT2D eigenvalue weighted by Gasteiger charge is -2.10. The van der Waals surface area contributed by atoms with Crippen molar-refractivity contribution in [3.8, 4) is 23.2 Å². The van der Waals surface area contributed by atoms with Crippen molar-refractivity contribution in [2.45, 2.75) is 12.5 Å². The van der Waals surface area contributed by atoms with Crippen LogP contribution in [-0.4, -0.2) is 52.0 Å². The second-order valence-electron chi connectivity index (χ2n) is 5.60. The van der Waals surface area contributed by atoms with Crippen molar-refractivity contribution in [2.75, 3.05) is 19.3 Å². The molecule has 0 saturated heterocycles. The maximum Gasteiger partial charge on any atom is 0.269 e. The molecule has 8 heteroatoms. The van der Waals surface area contributed by atoms with Gasteiger partial charge in [-0.15, -0.1) is 0 Å². The summed E-state index contributed by atoms with van der Waals surface area (Å²) in [5.41, 5.74) is 12.2. The van der Waals surface area contributed by atoms with E-state index in [0.29, 0.717) is 36.3 Å². The number of amides is 2. The zero-order valence-electron chi connectivity index (χ0n) is 14.2. The van der Waals surface area contributed by atoms with E-state index in [1.165, 1.54) is 11.1 Å². The predicted octanol–water partition coefficient (Wildman–Crippen LogP) is 0.0154. The van der Waals surface area contributed by atoms with Crippen LogP contribution in [0.5, 0.6) is 0 Å². The van der Waals surface area contributed by atoms with E-state index in [1.807, 2.05) is 0 Å². The third-order valence-corrected chi connectivity index (χ3v) is 3.49. The molecule has 0 bridgehead atoms. The molecule has 0 fully saturated rings. The van der Waals surface area contributed by atoms with Crippen LogP contribution in [-0.2, 0) is 4.79 Å². The van der Waals surface area contributed by atoms with Crippen molar-refractivity contribution >= 4 is 18.0 Å². The molecule has 5 N–H and O–H groups in total. The number of anilines is 1. The van der Waals surface area contributed by atoms with E-state index in [2.05, 4.69) is 21.8 Å². The van der Waals surface area contributed by atoms with E-state index >= 15 is 0 Å². The standard InChI is InChI=1S/C18H19N5O3/c1-23(11-24)8-7-14(25)6-5-12-3-2-4-13(9-12)18-21-10-15(19)16(22-18)17(20)26/h2-4,9-11,14,25H,7-8,19H2,1H3,(H2,20,26)/t14-/m0/s1. The summed E-state index contributed by atoms with van der Waals surface area (Å²) in [4.78, 5) is 31.5. The van der Waals surface area contributed by atoms with Crippen LogP contribution in [0.2, 0.25) is 0 Å². The summed E-state index contributed by atoms with van der Waals surface area (Å²) in [7, 11) is 1.63. The number of nitrogen functional groups attached to an aromatic ring is 1. The highest BCUT2D eigenvalue weighted by Crippen LogP contribution is 2.18. The van der Waals surface area contributed by atoms with E-state index in [-0.39, 0.29) is 11.4 Å². The fourth-order valence-corrected chi connectivity index (χ4v) is 2.08. The molecule has 2 amide bonds. The quantitative estimate of drug-likeness (QED) is 0.495. The molecule has 8 nitrogen and oxygen atoms in total. The normalized spacial score (nSPS) is 11.2. The number of benzene rings is 1. The van der Waals surface area contributed by atoms with Gasteiger partial charge in [-0.25, -0.2) is 9.97 Å². The Hall–Kier alpha value is -3.44. The Morgan fingerprint density at radius 1 is 1.46 bits per heavy atom. The zero-order chi connectivity index (χ0) is 19.1. The van der Waals surface area contributed by atoms with Gasteiger partial charge in [-0.1, -0.05) is 24.0 Å². The zero-order valence-corrected chi connectivity index (χ0v) is 14.2. The average molecular weight is 353 g/mol. The predicted molar refractivity (Wildman–Crippen MR) is 96.6 cm³/mol. The van der Waals surface area contributed by atoms with Crippen molar-refractivity contribution < 1.29 is 14.7 Å². The number of aromatic nitrogens is 2. The molecule has 1 heterocycles. The number of rotatable bonds is 6. The third-order valence-electron chi connectivity index (χ3n) is 3.49. The largest absolute Gasteiger partial charge is 0.396 e. The van der Waals surface area contributed by atoms with E-state index in [4.69, 9.17) is 11.5 Å². The number of nitrogens with zero attached hydrogens (tertiary/aromatic N) is 3. The van der Waals surface area contributed by atoms with Crippen molar-refractivity contribution in [1.82, 2.24) is 14.9 Å². The molecule has 134 valence electrons. The first kappa shape index (κ1) is 18.9. The number of primary amides is 1. The van der Waals surface area contributed by atoms with Crippen LogP contribution < -0.4 is 11.5 Å². The summed E-state index contributed by atoms with van der Waals surface area (Å²) in [6.45, 7) is 0.411. The molecule has 0 aliphatic heterocycles. The van der Waals surface area contributed by atoms with Crippen LogP contribution in [0.25, 0.3) is 11.4 Å². The lowest BCUT2D eigenvalue weighted by molar-refractivity contribution is -0.117. The van der Waals surface area contributed by atoms with E-state index < -0.39 is 12.0 Å². The van der Waals surface area contributed by atoms with Gasteiger partial charge in [0.15, 0.2) is 11.5 Å². The van der Waals surface area contributed by atoms with Gasteiger partial charge in [0.1, 0.15) is 6.10 Å². The van der Waals surface area contributed by atoms with E-state index in [9.17, 15) is 14.7 Å². The van der Waals surface area contributed by atoms with Crippen molar-refractivity contribution in [3.05, 3.63) is 41.7 Å². The SMILES string of the molecule is CN(C=O)CC[C@@H](O)C#Cc1cccc(-c2ncc(N)c(C(N)=O)n2)c1. The van der Waals surface area contributed by atoms with E-state index in [0.717, 1.165) is 0 Å². The molecule has 1 atom stereocenters. The molecule has 0 saturated carbocycles. The Morgan fingerprint density at radius 2 is 2.23 bits per heavy atom. The molecular weight excluding hydrogens is 334 g/mol. The molecule has 26 heavy (non-hydrogen) atoms. The fraction of sp³-hybridized carbons (Fsp3) is 0.222. The molecular formula is C18H19N5O3. The maximum atomic E-state index is 11.4. The van der Waals surface area contributed by atoms with Gasteiger partial charge in [-0.2, -0.15) is 0 Å². The fourth-order valence-electron chi connectivity index (χ4n) is 2.08. The molecule has 1 aromatic heterocycles. The highest BCUT2D eigenvalue weighted by atomic mass is 16.3. The van der Waals surface area contributed by atoms with Crippen LogP contribution in [0.4, 0.5) is 5.69 Å². The summed E-state index contributed by atoms with van der Waals surface area (Å²) in [6.07, 6.45) is 1.52. The van der Waals surface area contributed by atoms with Crippen molar-refractivity contribution in [3.63, 3.8) is 0 Å². The summed E-state index contributed by atoms with van der Waals surface area (Å²) < 4.78 is 0. The summed E-state index contributed by atoms with van der Waals surface area (Å²) in [5.74, 6) is 5.16. The Labute approximate surface area is 150 Å². The third kappa shape index (κ3) is 5.03. The average Bonchev–Trinajstić information content (AvgIpc) is 2.64. The highest BCUT2D eigenvalue weighted by Gasteiger charge is 2.11. The van der Waals surface area contributed by atoms with Gasteiger partial charge in [0.25, 0.3) is 5.91 Å². The topological polar surface area (TPSA) is 135 Å². The molecule has 0 spiro atoms. The number of aliphatic hydroxyl groups is 1. The van der Waals surface area contributed by atoms with Crippen molar-refractivity contribution in [2.24, 2.45) is 5.73 Å². The first-order chi connectivity index (χ1) is 12.4. The Bertz CT molecular complexity index is 873. The monoisotopic (exact) mass is 353 g/mol. The molecule has 2 rings (SSSR count). The van der Waals surface area contributed by atoms with Gasteiger partial charge in [-0.05, 0) is 12.1 Å². The smallest absolute Gasteiger partial charge is 0.269 e. The van der Waals surface area contributed by atoms with Crippen LogP contribution in [0.1, 0.15) is 22.5 Å². The van der Waals surface area contributed by atoms with Gasteiger partial charge in [0.05, 0.1) is 11.9 Å². The molecule has 0 unspecified atom stereocenters. The number of nitrogens with two attached hydrogens (primary N) is 2. The van der Waals surface area contributed by atoms with Gasteiger partial charge in [-0.3, -0.25) is 9.59 Å². The van der Waals surface area contributed by atoms with Crippen molar-refractivity contribution in [1.29, 1.82) is 0 Å². The van der Waals surface area contributed by atoms with Gasteiger partial charge in [0, 0.05) is 31.1 Å². The second-order valence-corrected chi connectivity index (χ2v) is 5.60. The van der Waals surface area contributed by atoms with Gasteiger partial charge in [0.2, 0.25) is 6.41 Å². The lowest BCUT2D eigenvalue weighted by atomic mass is 10.1. The lowest BCUT2D eigenvalue weighted by Crippen LogP contribution is -2.21. The number of carbonyl (C=O) groups is 2. The minimum Gasteiger partial charge on any atom is -0.396 e. The molecule has 0 aliphatic carbocycles. The van der Waals surface area contributed by atoms with Gasteiger partial charge < -0.3 is 21.5 Å². The number of carbonyl (C=O) groups excluding carboxylic acids is 2. The Kier molecular flexibility index (Phi) is 6.25. The van der Waals surface area contributed by atoms with Crippen LogP contribution >= 0.6 is 0 Å². The first-order valence-electron chi connectivity index (χ1n) is 7.78. The maximum absolute atomic E-state index is 11.4. The second kappa shape index (κ2) is 8.60. The van der Waals surface area contributed by atoms with Crippen LogP contribution in [0.3, 0.4) is 0 Å².